The maximum Gasteiger partial charge on any atom is 0.272 e. The number of nitro benzene ring substituents is 1. The van der Waals surface area contributed by atoms with Gasteiger partial charge in [-0.1, -0.05) is 15.9 Å². The van der Waals surface area contributed by atoms with Crippen molar-refractivity contribution in [2.45, 2.75) is 25.3 Å². The van der Waals surface area contributed by atoms with Gasteiger partial charge in [0.1, 0.15) is 0 Å². The lowest BCUT2D eigenvalue weighted by atomic mass is 10.0. The number of hydrogen-bond donors (Lipinski definition) is 1. The van der Waals surface area contributed by atoms with Crippen LogP contribution in [0.25, 0.3) is 0 Å². The molecule has 0 aromatic heterocycles. The predicted octanol–water partition coefficient (Wildman–Crippen LogP) is 2.64. The molecule has 1 aromatic rings. The maximum absolute atomic E-state index is 10.8. The molecule has 1 aliphatic carbocycles. The summed E-state index contributed by atoms with van der Waals surface area (Å²) in [6.07, 6.45) is 2.90. The molecule has 0 saturated heterocycles. The first-order valence-corrected chi connectivity index (χ1v) is 6.05. The first kappa shape index (κ1) is 11.5. The average Bonchev–Trinajstić information content (AvgIpc) is 2.99. The van der Waals surface area contributed by atoms with Gasteiger partial charge in [-0.3, -0.25) is 10.1 Å². The maximum atomic E-state index is 10.8. The van der Waals surface area contributed by atoms with E-state index < -0.39 is 0 Å². The van der Waals surface area contributed by atoms with Gasteiger partial charge < -0.3 is 5.73 Å². The number of nitro groups is 1. The van der Waals surface area contributed by atoms with E-state index in [-0.39, 0.29) is 16.7 Å². The summed E-state index contributed by atoms with van der Waals surface area (Å²) in [7, 11) is 0. The Morgan fingerprint density at radius 3 is 2.81 bits per heavy atom. The fourth-order valence-corrected chi connectivity index (χ4v) is 2.25. The second-order valence-electron chi connectivity index (χ2n) is 4.24. The lowest BCUT2D eigenvalue weighted by Gasteiger charge is -2.10. The van der Waals surface area contributed by atoms with Crippen LogP contribution in [-0.2, 0) is 6.42 Å². The number of halogens is 1. The molecule has 4 nitrogen and oxygen atoms in total. The van der Waals surface area contributed by atoms with Gasteiger partial charge in [0.05, 0.1) is 4.92 Å². The van der Waals surface area contributed by atoms with Crippen molar-refractivity contribution in [3.8, 4) is 0 Å². The molecule has 1 aliphatic rings. The highest BCUT2D eigenvalue weighted by molar-refractivity contribution is 9.10. The summed E-state index contributed by atoms with van der Waals surface area (Å²) in [5.74, 6) is 0.554. The Bertz CT molecular complexity index is 418. The second-order valence-corrected chi connectivity index (χ2v) is 5.15. The fraction of sp³-hybridized carbons (Fsp3) is 0.455. The van der Waals surface area contributed by atoms with E-state index in [1.807, 2.05) is 0 Å². The van der Waals surface area contributed by atoms with E-state index in [9.17, 15) is 10.1 Å². The van der Waals surface area contributed by atoms with Crippen molar-refractivity contribution in [3.63, 3.8) is 0 Å². The number of nitrogens with two attached hydrogens (primary N) is 1. The van der Waals surface area contributed by atoms with E-state index in [4.69, 9.17) is 5.73 Å². The molecule has 0 spiro atoms. The minimum atomic E-state index is -0.346. The van der Waals surface area contributed by atoms with Crippen LogP contribution in [0.3, 0.4) is 0 Å². The van der Waals surface area contributed by atoms with Crippen LogP contribution >= 0.6 is 15.9 Å². The number of benzene rings is 1. The smallest absolute Gasteiger partial charge is 0.272 e. The van der Waals surface area contributed by atoms with Crippen LogP contribution in [0.2, 0.25) is 0 Å². The van der Waals surface area contributed by atoms with Gasteiger partial charge in [0.2, 0.25) is 0 Å². The third kappa shape index (κ3) is 2.59. The molecule has 86 valence electrons. The molecule has 2 rings (SSSR count). The lowest BCUT2D eigenvalue weighted by Crippen LogP contribution is -2.25. The Morgan fingerprint density at radius 1 is 1.56 bits per heavy atom. The van der Waals surface area contributed by atoms with Gasteiger partial charge in [-0.2, -0.15) is 0 Å². The Balaban J connectivity index is 2.22. The lowest BCUT2D eigenvalue weighted by molar-refractivity contribution is -0.385. The summed E-state index contributed by atoms with van der Waals surface area (Å²) in [5.41, 5.74) is 6.88. The van der Waals surface area contributed by atoms with Gasteiger partial charge >= 0.3 is 0 Å². The van der Waals surface area contributed by atoms with E-state index in [0.29, 0.717) is 12.3 Å². The van der Waals surface area contributed by atoms with E-state index in [2.05, 4.69) is 15.9 Å². The van der Waals surface area contributed by atoms with E-state index >= 15 is 0 Å². The van der Waals surface area contributed by atoms with Gasteiger partial charge in [-0.05, 0) is 37.3 Å². The Labute approximate surface area is 102 Å². The molecule has 5 heteroatoms. The zero-order valence-corrected chi connectivity index (χ0v) is 10.3. The monoisotopic (exact) mass is 284 g/mol. The largest absolute Gasteiger partial charge is 0.327 e. The molecule has 1 unspecified atom stereocenters. The van der Waals surface area contributed by atoms with Crippen LogP contribution in [0.1, 0.15) is 18.4 Å². The number of rotatable bonds is 4. The van der Waals surface area contributed by atoms with Gasteiger partial charge in [-0.25, -0.2) is 0 Å². The van der Waals surface area contributed by atoms with E-state index in [1.54, 1.807) is 12.1 Å². The van der Waals surface area contributed by atoms with E-state index in [1.165, 1.54) is 6.07 Å². The van der Waals surface area contributed by atoms with Crippen LogP contribution < -0.4 is 5.73 Å². The van der Waals surface area contributed by atoms with Gasteiger partial charge in [0, 0.05) is 22.1 Å². The molecular formula is C11H13BrN2O2. The molecule has 0 radical (unpaired) electrons. The van der Waals surface area contributed by atoms with E-state index in [0.717, 1.165) is 22.9 Å². The standard InChI is InChI=1S/C11H13BrN2O2/c12-9-3-4-11(14(15)16)8(5-9)6-10(13)7-1-2-7/h3-5,7,10H,1-2,6,13H2. The molecule has 0 heterocycles. The summed E-state index contributed by atoms with van der Waals surface area (Å²) in [4.78, 5) is 10.5. The summed E-state index contributed by atoms with van der Waals surface area (Å²) in [5, 5.41) is 10.8. The van der Waals surface area contributed by atoms with Crippen molar-refractivity contribution in [1.29, 1.82) is 0 Å². The van der Waals surface area contributed by atoms with Crippen LogP contribution in [0.15, 0.2) is 22.7 Å². The van der Waals surface area contributed by atoms with Crippen LogP contribution in [-0.4, -0.2) is 11.0 Å². The predicted molar refractivity (Wildman–Crippen MR) is 65.2 cm³/mol. The molecule has 2 N–H and O–H groups in total. The average molecular weight is 285 g/mol. The summed E-state index contributed by atoms with van der Waals surface area (Å²) in [6, 6.07) is 5.05. The van der Waals surface area contributed by atoms with Crippen molar-refractivity contribution >= 4 is 21.6 Å². The fourth-order valence-electron chi connectivity index (χ4n) is 1.84. The molecule has 0 aliphatic heterocycles. The van der Waals surface area contributed by atoms with Gasteiger partial charge in [0.25, 0.3) is 5.69 Å². The molecule has 1 atom stereocenters. The van der Waals surface area contributed by atoms with Crippen LogP contribution in [0, 0.1) is 16.0 Å². The van der Waals surface area contributed by atoms with Crippen LogP contribution in [0.5, 0.6) is 0 Å². The highest BCUT2D eigenvalue weighted by Gasteiger charge is 2.30. The minimum Gasteiger partial charge on any atom is -0.327 e. The zero-order valence-electron chi connectivity index (χ0n) is 8.73. The Kier molecular flexibility index (Phi) is 3.25. The highest BCUT2D eigenvalue weighted by atomic mass is 79.9. The first-order chi connectivity index (χ1) is 7.58. The molecule has 1 aromatic carbocycles. The number of hydrogen-bond acceptors (Lipinski definition) is 3. The Morgan fingerprint density at radius 2 is 2.25 bits per heavy atom. The topological polar surface area (TPSA) is 69.2 Å². The SMILES string of the molecule is NC(Cc1cc(Br)ccc1[N+](=O)[O-])C1CC1. The molecular weight excluding hydrogens is 272 g/mol. The van der Waals surface area contributed by atoms with Crippen molar-refractivity contribution in [2.24, 2.45) is 11.7 Å². The summed E-state index contributed by atoms with van der Waals surface area (Å²) < 4.78 is 0.857. The van der Waals surface area contributed by atoms with Crippen molar-refractivity contribution in [2.75, 3.05) is 0 Å². The highest BCUT2D eigenvalue weighted by Crippen LogP contribution is 2.34. The van der Waals surface area contributed by atoms with Gasteiger partial charge in [-0.15, -0.1) is 0 Å². The van der Waals surface area contributed by atoms with Crippen LogP contribution in [0.4, 0.5) is 5.69 Å². The molecule has 1 saturated carbocycles. The number of nitrogens with zero attached hydrogens (tertiary/aromatic N) is 1. The minimum absolute atomic E-state index is 0.0491. The normalized spacial score (nSPS) is 17.1. The molecule has 1 fully saturated rings. The van der Waals surface area contributed by atoms with Gasteiger partial charge in [0.15, 0.2) is 0 Å². The summed E-state index contributed by atoms with van der Waals surface area (Å²) >= 11 is 3.32. The van der Waals surface area contributed by atoms with Crippen molar-refractivity contribution < 1.29 is 4.92 Å². The summed E-state index contributed by atoms with van der Waals surface area (Å²) in [6.45, 7) is 0. The second kappa shape index (κ2) is 4.51. The molecule has 16 heavy (non-hydrogen) atoms. The molecule has 0 amide bonds. The first-order valence-electron chi connectivity index (χ1n) is 5.26. The third-order valence-electron chi connectivity index (χ3n) is 2.92. The third-order valence-corrected chi connectivity index (χ3v) is 3.41. The van der Waals surface area contributed by atoms with Crippen molar-refractivity contribution in [1.82, 2.24) is 0 Å². The molecule has 0 bridgehead atoms. The zero-order chi connectivity index (χ0) is 11.7. The quantitative estimate of drug-likeness (QED) is 0.683. The Hall–Kier alpha value is -0.940. The van der Waals surface area contributed by atoms with Crippen molar-refractivity contribution in [3.05, 3.63) is 38.3 Å².